The molecule has 0 aliphatic heterocycles. The Balaban J connectivity index is 1.58. The smallest absolute Gasteiger partial charge is 0.326 e. The van der Waals surface area contributed by atoms with Crippen LogP contribution in [0.3, 0.4) is 0 Å². The topological polar surface area (TPSA) is 156 Å². The second-order valence-electron chi connectivity index (χ2n) is 7.24. The van der Waals surface area contributed by atoms with Crippen molar-refractivity contribution in [2.24, 2.45) is 5.73 Å². The van der Waals surface area contributed by atoms with Gasteiger partial charge in [-0.15, -0.1) is 11.3 Å². The summed E-state index contributed by atoms with van der Waals surface area (Å²) in [5.74, 6) is -0.663. The summed E-state index contributed by atoms with van der Waals surface area (Å²) in [4.78, 5) is 40.8. The molecule has 2 aromatic carbocycles. The van der Waals surface area contributed by atoms with E-state index in [1.807, 2.05) is 4.72 Å². The molecule has 0 saturated carbocycles. The maximum Gasteiger partial charge on any atom is 0.333 e. The van der Waals surface area contributed by atoms with Crippen molar-refractivity contribution in [3.8, 4) is 5.69 Å². The average Bonchev–Trinajstić information content (AvgIpc) is 3.22. The lowest BCUT2D eigenvalue weighted by Gasteiger charge is -2.10. The lowest BCUT2D eigenvalue weighted by atomic mass is 10.1. The summed E-state index contributed by atoms with van der Waals surface area (Å²) in [7, 11) is -4.02. The van der Waals surface area contributed by atoms with Crippen molar-refractivity contribution >= 4 is 44.0 Å². The van der Waals surface area contributed by atoms with Crippen LogP contribution in [0, 0.1) is 12.7 Å². The highest BCUT2D eigenvalue weighted by Crippen LogP contribution is 2.20. The quantitative estimate of drug-likeness (QED) is 0.327. The van der Waals surface area contributed by atoms with Crippen LogP contribution in [-0.2, 0) is 16.6 Å². The third kappa shape index (κ3) is 4.48. The van der Waals surface area contributed by atoms with Gasteiger partial charge in [-0.3, -0.25) is 4.79 Å². The van der Waals surface area contributed by atoms with Crippen LogP contribution in [-0.4, -0.2) is 24.0 Å². The number of aryl methyl sites for hydroxylation is 1. The number of thiophene rings is 1. The van der Waals surface area contributed by atoms with Gasteiger partial charge in [0.2, 0.25) is 0 Å². The molecule has 2 amide bonds. The van der Waals surface area contributed by atoms with Crippen LogP contribution in [0.15, 0.2) is 62.3 Å². The zero-order valence-corrected chi connectivity index (χ0v) is 19.2. The SMILES string of the molecule is Cc1ccc(S(=O)(=O)NC(=O)Nc2ccc(-n3c(=O)[nH]c4cc(CN)c(F)cc4c3=O)cc2)s1. The molecule has 34 heavy (non-hydrogen) atoms. The highest BCUT2D eigenvalue weighted by Gasteiger charge is 2.19. The standard InChI is InChI=1S/C21H18FN5O5S2/c1-11-2-7-18(33-11)34(31,32)26-20(29)24-13-3-5-14(6-4-13)27-19(28)15-9-16(22)12(10-23)8-17(15)25-21(27)30/h2-9H,10,23H2,1H3,(H,25,30)(H2,24,26,29). The third-order valence-electron chi connectivity index (χ3n) is 4.88. The summed E-state index contributed by atoms with van der Waals surface area (Å²) in [5.41, 5.74) is 4.67. The monoisotopic (exact) mass is 503 g/mol. The predicted molar refractivity (Wildman–Crippen MR) is 126 cm³/mol. The van der Waals surface area contributed by atoms with Gasteiger partial charge in [0.25, 0.3) is 15.6 Å². The number of nitrogens with two attached hydrogens (primary N) is 1. The highest BCUT2D eigenvalue weighted by molar-refractivity contribution is 7.92. The van der Waals surface area contributed by atoms with Gasteiger partial charge >= 0.3 is 11.7 Å². The number of hydrogen-bond acceptors (Lipinski definition) is 7. The molecule has 2 aromatic heterocycles. The first-order valence-electron chi connectivity index (χ1n) is 9.77. The maximum absolute atomic E-state index is 14.1. The van der Waals surface area contributed by atoms with E-state index >= 15 is 0 Å². The van der Waals surface area contributed by atoms with Crippen LogP contribution in [0.2, 0.25) is 0 Å². The number of benzene rings is 2. The van der Waals surface area contributed by atoms with E-state index in [0.717, 1.165) is 26.8 Å². The van der Waals surface area contributed by atoms with Gasteiger partial charge in [0.1, 0.15) is 10.0 Å². The number of rotatable bonds is 5. The minimum atomic E-state index is -4.02. The van der Waals surface area contributed by atoms with Crippen molar-refractivity contribution in [1.29, 1.82) is 0 Å². The fraction of sp³-hybridized carbons (Fsp3) is 0.0952. The second kappa shape index (κ2) is 8.85. The Labute approximate surface area is 195 Å². The number of hydrogen-bond donors (Lipinski definition) is 4. The minimum absolute atomic E-state index is 0.000391. The van der Waals surface area contributed by atoms with Crippen LogP contribution in [0.25, 0.3) is 16.6 Å². The Bertz CT molecular complexity index is 1640. The van der Waals surface area contributed by atoms with Gasteiger partial charge < -0.3 is 16.0 Å². The Morgan fingerprint density at radius 1 is 1.15 bits per heavy atom. The van der Waals surface area contributed by atoms with Crippen molar-refractivity contribution < 1.29 is 17.6 Å². The molecule has 0 atom stereocenters. The molecule has 2 heterocycles. The second-order valence-corrected chi connectivity index (χ2v) is 10.4. The maximum atomic E-state index is 14.1. The number of carbonyl (C=O) groups is 1. The van der Waals surface area contributed by atoms with Gasteiger partial charge in [-0.25, -0.2) is 31.7 Å². The molecule has 5 N–H and O–H groups in total. The first kappa shape index (κ1) is 23.4. The summed E-state index contributed by atoms with van der Waals surface area (Å²) >= 11 is 1.02. The summed E-state index contributed by atoms with van der Waals surface area (Å²) in [6.45, 7) is 1.65. The Morgan fingerprint density at radius 3 is 2.47 bits per heavy atom. The molecule has 4 rings (SSSR count). The number of fused-ring (bicyclic) bond motifs is 1. The van der Waals surface area contributed by atoms with Gasteiger partial charge in [0, 0.05) is 22.7 Å². The number of halogens is 1. The van der Waals surface area contributed by atoms with Gasteiger partial charge in [-0.1, -0.05) is 0 Å². The number of anilines is 1. The number of urea groups is 1. The van der Waals surface area contributed by atoms with E-state index < -0.39 is 33.1 Å². The van der Waals surface area contributed by atoms with E-state index in [0.29, 0.717) is 0 Å². The minimum Gasteiger partial charge on any atom is -0.326 e. The number of sulfonamides is 1. The van der Waals surface area contributed by atoms with Crippen molar-refractivity contribution in [3.05, 3.63) is 85.6 Å². The lowest BCUT2D eigenvalue weighted by Crippen LogP contribution is -2.34. The van der Waals surface area contributed by atoms with E-state index in [-0.39, 0.29) is 38.6 Å². The summed E-state index contributed by atoms with van der Waals surface area (Å²) < 4.78 is 41.4. The van der Waals surface area contributed by atoms with Gasteiger partial charge in [-0.2, -0.15) is 0 Å². The number of nitrogens with one attached hydrogen (secondary N) is 3. The zero-order valence-electron chi connectivity index (χ0n) is 17.6. The number of amides is 2. The van der Waals surface area contributed by atoms with Crippen molar-refractivity contribution in [3.63, 3.8) is 0 Å². The number of H-pyrrole nitrogens is 1. The molecule has 10 nitrogen and oxygen atoms in total. The molecule has 0 radical (unpaired) electrons. The van der Waals surface area contributed by atoms with Crippen LogP contribution in [0.4, 0.5) is 14.9 Å². The molecule has 176 valence electrons. The molecular formula is C21H18FN5O5S2. The summed E-state index contributed by atoms with van der Waals surface area (Å²) in [5, 5.41) is 2.34. The predicted octanol–water partition coefficient (Wildman–Crippen LogP) is 2.16. The number of carbonyl (C=O) groups excluding carboxylic acids is 1. The first-order valence-corrected chi connectivity index (χ1v) is 12.1. The Hall–Kier alpha value is -3.81. The van der Waals surface area contributed by atoms with Crippen molar-refractivity contribution in [2.75, 3.05) is 5.32 Å². The average molecular weight is 504 g/mol. The number of nitrogens with zero attached hydrogens (tertiary/aromatic N) is 1. The molecule has 4 aromatic rings. The number of aromatic nitrogens is 2. The van der Waals surface area contributed by atoms with Crippen molar-refractivity contribution in [1.82, 2.24) is 14.3 Å². The van der Waals surface area contributed by atoms with Gasteiger partial charge in [0.05, 0.1) is 16.6 Å². The highest BCUT2D eigenvalue weighted by atomic mass is 32.2. The molecule has 0 aliphatic carbocycles. The van der Waals surface area contributed by atoms with E-state index in [9.17, 15) is 27.2 Å². The largest absolute Gasteiger partial charge is 0.333 e. The van der Waals surface area contributed by atoms with Crippen LogP contribution in [0.5, 0.6) is 0 Å². The Kier molecular flexibility index (Phi) is 6.08. The zero-order chi connectivity index (χ0) is 24.6. The normalized spacial score (nSPS) is 11.5. The molecule has 0 fully saturated rings. The molecule has 0 aliphatic rings. The van der Waals surface area contributed by atoms with E-state index in [1.54, 1.807) is 13.0 Å². The molecule has 13 heteroatoms. The molecule has 0 bridgehead atoms. The van der Waals surface area contributed by atoms with Crippen LogP contribution in [0.1, 0.15) is 10.4 Å². The van der Waals surface area contributed by atoms with E-state index in [1.165, 1.54) is 36.4 Å². The molecule has 0 spiro atoms. The van der Waals surface area contributed by atoms with Crippen LogP contribution < -0.4 is 27.0 Å². The molecular weight excluding hydrogens is 485 g/mol. The lowest BCUT2D eigenvalue weighted by molar-refractivity contribution is 0.256. The fourth-order valence-electron chi connectivity index (χ4n) is 3.25. The Morgan fingerprint density at radius 2 is 1.85 bits per heavy atom. The molecule has 0 unspecified atom stereocenters. The first-order chi connectivity index (χ1) is 16.1. The summed E-state index contributed by atoms with van der Waals surface area (Å²) in [6.07, 6.45) is 0. The molecule has 0 saturated heterocycles. The van der Waals surface area contributed by atoms with Gasteiger partial charge in [0.15, 0.2) is 0 Å². The van der Waals surface area contributed by atoms with E-state index in [4.69, 9.17) is 5.73 Å². The summed E-state index contributed by atoms with van der Waals surface area (Å²) in [6, 6.07) is 9.88. The number of aromatic amines is 1. The van der Waals surface area contributed by atoms with E-state index in [2.05, 4.69) is 10.3 Å². The third-order valence-corrected chi connectivity index (χ3v) is 7.70. The van der Waals surface area contributed by atoms with Gasteiger partial charge in [-0.05, 0) is 55.5 Å². The fourth-order valence-corrected chi connectivity index (χ4v) is 5.44. The van der Waals surface area contributed by atoms with Crippen LogP contribution >= 0.6 is 11.3 Å². The van der Waals surface area contributed by atoms with Crippen molar-refractivity contribution in [2.45, 2.75) is 17.7 Å².